The van der Waals surface area contributed by atoms with Crippen molar-refractivity contribution in [3.63, 3.8) is 0 Å². The van der Waals surface area contributed by atoms with E-state index in [0.717, 1.165) is 28.3 Å². The average molecular weight is 511 g/mol. The molecular weight excluding hydrogens is 456 g/mol. The van der Waals surface area contributed by atoms with Crippen LogP contribution in [-0.2, 0) is 0 Å². The largest absolute Gasteiger partial charge is 0.384 e. The Morgan fingerprint density at radius 3 is 2.27 bits per heavy atom. The number of rotatable bonds is 13. The fraction of sp³-hybridized carbons (Fsp3) is 0.645. The van der Waals surface area contributed by atoms with Crippen molar-refractivity contribution in [1.82, 2.24) is 24.5 Å². The number of anilines is 1. The molecule has 3 rings (SSSR count). The Bertz CT molecular complexity index is 949. The van der Waals surface area contributed by atoms with Gasteiger partial charge in [-0.25, -0.2) is 14.5 Å². The fourth-order valence-electron chi connectivity index (χ4n) is 4.29. The van der Waals surface area contributed by atoms with Gasteiger partial charge in [-0.1, -0.05) is 86.0 Å². The summed E-state index contributed by atoms with van der Waals surface area (Å²) in [6.45, 7) is 15.9. The summed E-state index contributed by atoms with van der Waals surface area (Å²) in [5.41, 5.74) is 9.50. The van der Waals surface area contributed by atoms with E-state index >= 15 is 0 Å². The van der Waals surface area contributed by atoms with E-state index in [1.54, 1.807) is 16.9 Å². The molecule has 0 saturated heterocycles. The van der Waals surface area contributed by atoms with Gasteiger partial charge >= 0.3 is 0 Å². The topological polar surface area (TPSA) is 72.3 Å². The first-order chi connectivity index (χ1) is 17.9. The van der Waals surface area contributed by atoms with Crippen molar-refractivity contribution in [3.05, 3.63) is 42.5 Å². The fourth-order valence-corrected chi connectivity index (χ4v) is 4.29. The third kappa shape index (κ3) is 13.6. The van der Waals surface area contributed by atoms with Crippen LogP contribution in [0.1, 0.15) is 104 Å². The molecule has 3 aromatic rings. The summed E-state index contributed by atoms with van der Waals surface area (Å²) in [5.74, 6) is 1.46. The molecule has 3 aromatic heterocycles. The second kappa shape index (κ2) is 19.6. The monoisotopic (exact) mass is 510 g/mol. The van der Waals surface area contributed by atoms with Crippen LogP contribution in [0.3, 0.4) is 0 Å². The number of pyridine rings is 1. The van der Waals surface area contributed by atoms with Crippen LogP contribution in [0.4, 0.5) is 5.82 Å². The van der Waals surface area contributed by atoms with Crippen LogP contribution in [0.5, 0.6) is 0 Å². The van der Waals surface area contributed by atoms with Crippen LogP contribution in [0.25, 0.3) is 16.8 Å². The van der Waals surface area contributed by atoms with Crippen molar-refractivity contribution >= 4 is 11.5 Å². The quantitative estimate of drug-likeness (QED) is 0.235. The molecular formula is C31H54N6. The van der Waals surface area contributed by atoms with Crippen molar-refractivity contribution in [2.45, 2.75) is 106 Å². The van der Waals surface area contributed by atoms with E-state index in [0.29, 0.717) is 5.82 Å². The Balaban J connectivity index is 0.000000299. The van der Waals surface area contributed by atoms with Gasteiger partial charge in [0.15, 0.2) is 5.65 Å². The molecule has 1 unspecified atom stereocenters. The van der Waals surface area contributed by atoms with Gasteiger partial charge in [0.2, 0.25) is 0 Å². The highest BCUT2D eigenvalue weighted by Crippen LogP contribution is 2.23. The van der Waals surface area contributed by atoms with Crippen LogP contribution in [0.15, 0.2) is 36.9 Å². The number of aromatic nitrogens is 4. The maximum Gasteiger partial charge on any atom is 0.162 e. The molecule has 0 radical (unpaired) electrons. The highest BCUT2D eigenvalue weighted by atomic mass is 15.2. The minimum absolute atomic E-state index is 0.494. The molecule has 3 heterocycles. The first kappa shape index (κ1) is 32.6. The molecule has 6 nitrogen and oxygen atoms in total. The Hall–Kier alpha value is -2.47. The van der Waals surface area contributed by atoms with Gasteiger partial charge in [-0.05, 0) is 69.1 Å². The van der Waals surface area contributed by atoms with Crippen molar-refractivity contribution < 1.29 is 0 Å². The lowest BCUT2D eigenvalue weighted by Crippen LogP contribution is -2.20. The van der Waals surface area contributed by atoms with Gasteiger partial charge < -0.3 is 10.6 Å². The minimum atomic E-state index is 0.494. The summed E-state index contributed by atoms with van der Waals surface area (Å²) in [7, 11) is 2.21. The van der Waals surface area contributed by atoms with E-state index in [1.165, 1.54) is 77.3 Å². The SMILES string of the molecule is CCCCCC(C)CCC.CCCCCN(C)CCC.Cc1cnc2c(-c3ccnc(N)c3)cnn2c1. The standard InChI is InChI=1S/C12H11N5.C10H22.C9H21N/c1-8-5-15-12-10(6-16-17(12)7-8)9-2-3-14-11(13)4-9;2*1-4-6-7-9-10(3)8-5-2/h2-7H,1H3,(H2,13,14);10H,4-9H2,1-3H3;4-9H2,1-3H3. The first-order valence-corrected chi connectivity index (χ1v) is 14.6. The van der Waals surface area contributed by atoms with Crippen LogP contribution in [-0.4, -0.2) is 44.6 Å². The maximum atomic E-state index is 5.67. The Kier molecular flexibility index (Phi) is 17.3. The lowest BCUT2D eigenvalue weighted by atomic mass is 9.99. The second-order valence-electron chi connectivity index (χ2n) is 10.3. The van der Waals surface area contributed by atoms with Gasteiger partial charge in [0.25, 0.3) is 0 Å². The molecule has 1 atom stereocenters. The molecule has 37 heavy (non-hydrogen) atoms. The number of nitrogens with zero attached hydrogens (tertiary/aromatic N) is 5. The van der Waals surface area contributed by atoms with Gasteiger partial charge in [0.1, 0.15) is 5.82 Å². The van der Waals surface area contributed by atoms with Crippen LogP contribution < -0.4 is 5.73 Å². The lowest BCUT2D eigenvalue weighted by molar-refractivity contribution is 0.326. The molecule has 6 heteroatoms. The smallest absolute Gasteiger partial charge is 0.162 e. The highest BCUT2D eigenvalue weighted by molar-refractivity contribution is 5.77. The van der Waals surface area contributed by atoms with E-state index in [-0.39, 0.29) is 0 Å². The molecule has 0 bridgehead atoms. The summed E-state index contributed by atoms with van der Waals surface area (Å²) in [6.07, 6.45) is 21.0. The van der Waals surface area contributed by atoms with Crippen molar-refractivity contribution in [2.24, 2.45) is 5.92 Å². The third-order valence-corrected chi connectivity index (χ3v) is 6.41. The summed E-state index contributed by atoms with van der Waals surface area (Å²) in [4.78, 5) is 10.8. The predicted octanol–water partition coefficient (Wildman–Crippen LogP) is 8.20. The number of hydrogen-bond donors (Lipinski definition) is 1. The summed E-state index contributed by atoms with van der Waals surface area (Å²) in [5, 5.41) is 4.28. The zero-order valence-corrected chi connectivity index (χ0v) is 24.8. The van der Waals surface area contributed by atoms with E-state index < -0.39 is 0 Å². The number of nitrogens with two attached hydrogens (primary N) is 1. The van der Waals surface area contributed by atoms with Gasteiger partial charge in [0, 0.05) is 24.2 Å². The zero-order valence-electron chi connectivity index (χ0n) is 24.8. The highest BCUT2D eigenvalue weighted by Gasteiger charge is 2.08. The Morgan fingerprint density at radius 2 is 1.62 bits per heavy atom. The molecule has 0 aliphatic carbocycles. The molecule has 2 N–H and O–H groups in total. The van der Waals surface area contributed by atoms with Crippen molar-refractivity contribution in [1.29, 1.82) is 0 Å². The molecule has 0 amide bonds. The molecule has 208 valence electrons. The Morgan fingerprint density at radius 1 is 0.892 bits per heavy atom. The van der Waals surface area contributed by atoms with Crippen molar-refractivity contribution in [2.75, 3.05) is 25.9 Å². The number of fused-ring (bicyclic) bond motifs is 1. The third-order valence-electron chi connectivity index (χ3n) is 6.41. The van der Waals surface area contributed by atoms with Gasteiger partial charge in [-0.2, -0.15) is 5.10 Å². The molecule has 0 fully saturated rings. The van der Waals surface area contributed by atoms with E-state index in [4.69, 9.17) is 5.73 Å². The second-order valence-corrected chi connectivity index (χ2v) is 10.3. The number of hydrogen-bond acceptors (Lipinski definition) is 5. The van der Waals surface area contributed by atoms with Crippen LogP contribution >= 0.6 is 0 Å². The van der Waals surface area contributed by atoms with E-state index in [2.05, 4.69) is 61.6 Å². The van der Waals surface area contributed by atoms with Gasteiger partial charge in [0.05, 0.1) is 6.20 Å². The maximum absolute atomic E-state index is 5.67. The van der Waals surface area contributed by atoms with Crippen LogP contribution in [0.2, 0.25) is 0 Å². The van der Waals surface area contributed by atoms with Gasteiger partial charge in [-0.15, -0.1) is 0 Å². The number of unbranched alkanes of at least 4 members (excludes halogenated alkanes) is 4. The predicted molar refractivity (Wildman–Crippen MR) is 161 cm³/mol. The summed E-state index contributed by atoms with van der Waals surface area (Å²) < 4.78 is 1.77. The normalized spacial score (nSPS) is 11.6. The number of aryl methyl sites for hydroxylation is 1. The number of nitrogen functional groups attached to an aromatic ring is 1. The summed E-state index contributed by atoms with van der Waals surface area (Å²) >= 11 is 0. The van der Waals surface area contributed by atoms with Crippen molar-refractivity contribution in [3.8, 4) is 11.1 Å². The van der Waals surface area contributed by atoms with E-state index in [9.17, 15) is 0 Å². The molecule has 0 spiro atoms. The average Bonchev–Trinajstić information content (AvgIpc) is 3.29. The molecule has 0 aliphatic heterocycles. The molecule has 0 aromatic carbocycles. The van der Waals surface area contributed by atoms with Crippen LogP contribution in [0, 0.1) is 12.8 Å². The zero-order chi connectivity index (χ0) is 27.5. The first-order valence-electron chi connectivity index (χ1n) is 14.6. The molecule has 0 aliphatic rings. The van der Waals surface area contributed by atoms with Gasteiger partial charge in [-0.3, -0.25) is 0 Å². The Labute approximate surface area is 227 Å². The van der Waals surface area contributed by atoms with E-state index in [1.807, 2.05) is 31.5 Å². The summed E-state index contributed by atoms with van der Waals surface area (Å²) in [6, 6.07) is 3.72. The lowest BCUT2D eigenvalue weighted by Gasteiger charge is -2.14. The minimum Gasteiger partial charge on any atom is -0.384 e. The molecule has 0 saturated carbocycles.